The van der Waals surface area contributed by atoms with Crippen LogP contribution < -0.4 is 4.90 Å². The highest BCUT2D eigenvalue weighted by atomic mass is 15.2. The lowest BCUT2D eigenvalue weighted by Crippen LogP contribution is -2.29. The van der Waals surface area contributed by atoms with Gasteiger partial charge in [-0.3, -0.25) is 0 Å². The van der Waals surface area contributed by atoms with Gasteiger partial charge in [-0.05, 0) is 71.3 Å². The van der Waals surface area contributed by atoms with E-state index in [4.69, 9.17) is 9.97 Å². The van der Waals surface area contributed by atoms with Crippen LogP contribution in [0.1, 0.15) is 17.0 Å². The predicted octanol–water partition coefficient (Wildman–Crippen LogP) is 12.8. The Labute approximate surface area is 326 Å². The van der Waals surface area contributed by atoms with Gasteiger partial charge in [-0.25, -0.2) is 9.97 Å². The van der Waals surface area contributed by atoms with E-state index in [0.717, 1.165) is 39.6 Å². The van der Waals surface area contributed by atoms with Crippen LogP contribution in [0, 0.1) is 0 Å². The van der Waals surface area contributed by atoms with E-state index in [2.05, 4.69) is 191 Å². The summed E-state index contributed by atoms with van der Waals surface area (Å²) >= 11 is 0. The molecule has 9 aromatic rings. The Morgan fingerprint density at radius 3 is 1.91 bits per heavy atom. The van der Waals surface area contributed by atoms with Crippen molar-refractivity contribution in [1.29, 1.82) is 0 Å². The second kappa shape index (κ2) is 13.2. The summed E-state index contributed by atoms with van der Waals surface area (Å²) in [5.41, 5.74) is 14.7. The number of hydrogen-bond acceptors (Lipinski definition) is 3. The maximum Gasteiger partial charge on any atom is 0.160 e. The molecule has 0 bridgehead atoms. The smallest absolute Gasteiger partial charge is 0.160 e. The third-order valence-electron chi connectivity index (χ3n) is 11.3. The van der Waals surface area contributed by atoms with Gasteiger partial charge in [0.2, 0.25) is 0 Å². The highest BCUT2D eigenvalue weighted by Gasteiger charge is 2.38. The van der Waals surface area contributed by atoms with Gasteiger partial charge in [0, 0.05) is 50.4 Å². The second-order valence-electron chi connectivity index (χ2n) is 14.6. The van der Waals surface area contributed by atoms with Crippen LogP contribution in [0.2, 0.25) is 0 Å². The molecular formula is C52H36N4. The Kier molecular flexibility index (Phi) is 7.59. The largest absolute Gasteiger partial charge is 0.333 e. The van der Waals surface area contributed by atoms with E-state index in [1.807, 2.05) is 24.3 Å². The molecule has 2 aliphatic rings. The normalized spacial score (nSPS) is 15.9. The third kappa shape index (κ3) is 5.38. The van der Waals surface area contributed by atoms with Gasteiger partial charge < -0.3 is 9.47 Å². The first-order valence-corrected chi connectivity index (χ1v) is 19.2. The Morgan fingerprint density at radius 2 is 1.09 bits per heavy atom. The van der Waals surface area contributed by atoms with Crippen LogP contribution >= 0.6 is 0 Å². The van der Waals surface area contributed by atoms with Gasteiger partial charge in [-0.15, -0.1) is 0 Å². The zero-order chi connectivity index (χ0) is 37.0. The molecule has 56 heavy (non-hydrogen) atoms. The molecule has 2 aromatic heterocycles. The Hall–Kier alpha value is -7.30. The van der Waals surface area contributed by atoms with Gasteiger partial charge in [0.1, 0.15) is 0 Å². The topological polar surface area (TPSA) is 34.0 Å². The fraction of sp³-hybridized carbons (Fsp3) is 0.0385. The lowest BCUT2D eigenvalue weighted by molar-refractivity contribution is 0.747. The monoisotopic (exact) mass is 716 g/mol. The van der Waals surface area contributed by atoms with Crippen molar-refractivity contribution in [3.05, 3.63) is 217 Å². The molecule has 7 aromatic carbocycles. The van der Waals surface area contributed by atoms with Crippen molar-refractivity contribution in [2.45, 2.75) is 12.0 Å². The first kappa shape index (κ1) is 32.2. The average molecular weight is 717 g/mol. The number of aromatic nitrogens is 3. The van der Waals surface area contributed by atoms with Gasteiger partial charge in [-0.1, -0.05) is 152 Å². The molecule has 264 valence electrons. The molecule has 0 saturated heterocycles. The van der Waals surface area contributed by atoms with Gasteiger partial charge >= 0.3 is 0 Å². The fourth-order valence-electron chi connectivity index (χ4n) is 8.73. The van der Waals surface area contributed by atoms with E-state index in [-0.39, 0.29) is 12.0 Å². The summed E-state index contributed by atoms with van der Waals surface area (Å²) in [6.45, 7) is 0. The van der Waals surface area contributed by atoms with Crippen LogP contribution in [0.15, 0.2) is 206 Å². The van der Waals surface area contributed by atoms with Crippen LogP contribution in [0.25, 0.3) is 67.0 Å². The molecule has 3 heterocycles. The highest BCUT2D eigenvalue weighted by Crippen LogP contribution is 2.50. The van der Waals surface area contributed by atoms with E-state index >= 15 is 0 Å². The molecule has 2 unspecified atom stereocenters. The third-order valence-corrected chi connectivity index (χ3v) is 11.3. The summed E-state index contributed by atoms with van der Waals surface area (Å²) in [7, 11) is 0. The van der Waals surface area contributed by atoms with E-state index in [9.17, 15) is 0 Å². The van der Waals surface area contributed by atoms with Crippen molar-refractivity contribution >= 4 is 38.8 Å². The van der Waals surface area contributed by atoms with Crippen LogP contribution in [-0.4, -0.2) is 20.6 Å². The minimum atomic E-state index is 0.139. The maximum atomic E-state index is 5.14. The number of rotatable bonds is 6. The first-order chi connectivity index (χ1) is 27.8. The predicted molar refractivity (Wildman–Crippen MR) is 231 cm³/mol. The van der Waals surface area contributed by atoms with Crippen LogP contribution in [-0.2, 0) is 0 Å². The number of fused-ring (bicyclic) bond motifs is 6. The number of para-hydroxylation sites is 3. The maximum absolute atomic E-state index is 5.14. The fourth-order valence-corrected chi connectivity index (χ4v) is 8.73. The summed E-state index contributed by atoms with van der Waals surface area (Å²) in [5.74, 6) is 0.916. The van der Waals surface area contributed by atoms with Crippen LogP contribution in [0.5, 0.6) is 0 Å². The summed E-state index contributed by atoms with van der Waals surface area (Å²) in [6.07, 6.45) is 7.20. The Bertz CT molecular complexity index is 2920. The van der Waals surface area contributed by atoms with Crippen molar-refractivity contribution in [2.24, 2.45) is 0 Å². The Morgan fingerprint density at radius 1 is 0.446 bits per heavy atom. The summed E-state index contributed by atoms with van der Waals surface area (Å²) in [4.78, 5) is 12.7. The number of allylic oxidation sites excluding steroid dienone is 2. The molecule has 4 nitrogen and oxygen atoms in total. The van der Waals surface area contributed by atoms with Crippen molar-refractivity contribution in [3.8, 4) is 39.6 Å². The minimum Gasteiger partial charge on any atom is -0.333 e. The number of nitrogens with zero attached hydrogens (tertiary/aromatic N) is 4. The standard InChI is InChI=1S/C52H36N4/c1-4-15-35(16-5-1)46-34-47(54-52(53-46)36-17-6-2-7-18-36)39-19-14-22-41(31-39)56-49-26-13-11-24-43(49)45-33-38(28-30-51(45)56)37-27-29-50-44(32-37)42-23-10-12-25-48(42)55(50)40-20-8-3-9-21-40/h1-34,45,51H. The van der Waals surface area contributed by atoms with Crippen LogP contribution in [0.3, 0.4) is 0 Å². The minimum absolute atomic E-state index is 0.139. The molecule has 0 spiro atoms. The lowest BCUT2D eigenvalue weighted by atomic mass is 9.86. The molecule has 11 rings (SSSR count). The van der Waals surface area contributed by atoms with Gasteiger partial charge in [0.15, 0.2) is 5.82 Å². The van der Waals surface area contributed by atoms with E-state index in [0.29, 0.717) is 0 Å². The molecular weight excluding hydrogens is 681 g/mol. The zero-order valence-corrected chi connectivity index (χ0v) is 30.6. The second-order valence-corrected chi connectivity index (χ2v) is 14.6. The summed E-state index contributed by atoms with van der Waals surface area (Å²) in [5, 5.41) is 2.53. The highest BCUT2D eigenvalue weighted by molar-refractivity contribution is 6.10. The quantitative estimate of drug-likeness (QED) is 0.172. The van der Waals surface area contributed by atoms with E-state index < -0.39 is 0 Å². The molecule has 0 saturated carbocycles. The zero-order valence-electron chi connectivity index (χ0n) is 30.6. The van der Waals surface area contributed by atoms with Crippen molar-refractivity contribution in [3.63, 3.8) is 0 Å². The molecule has 0 radical (unpaired) electrons. The Balaban J connectivity index is 0.979. The average Bonchev–Trinajstić information content (AvgIpc) is 3.79. The number of hydrogen-bond donors (Lipinski definition) is 0. The molecule has 2 atom stereocenters. The summed E-state index contributed by atoms with van der Waals surface area (Å²) < 4.78 is 2.38. The molecule has 4 heteroatoms. The number of benzene rings is 7. The van der Waals surface area contributed by atoms with E-state index in [1.165, 1.54) is 49.9 Å². The molecule has 0 N–H and O–H groups in total. The van der Waals surface area contributed by atoms with Gasteiger partial charge in [0.25, 0.3) is 0 Å². The molecule has 0 fully saturated rings. The van der Waals surface area contributed by atoms with Crippen LogP contribution in [0.4, 0.5) is 11.4 Å². The SMILES string of the molecule is C1=CC2C(C=C1c1ccc3c(c1)c1ccccc1n3-c1ccccc1)c1ccccc1N2c1cccc(-c2cc(-c3ccccc3)nc(-c3ccccc3)n2)c1. The van der Waals surface area contributed by atoms with Crippen molar-refractivity contribution in [1.82, 2.24) is 14.5 Å². The van der Waals surface area contributed by atoms with Gasteiger partial charge in [0.05, 0.1) is 28.5 Å². The van der Waals surface area contributed by atoms with Crippen molar-refractivity contribution in [2.75, 3.05) is 4.90 Å². The first-order valence-electron chi connectivity index (χ1n) is 19.2. The van der Waals surface area contributed by atoms with E-state index in [1.54, 1.807) is 0 Å². The molecule has 1 aliphatic carbocycles. The van der Waals surface area contributed by atoms with Gasteiger partial charge in [-0.2, -0.15) is 0 Å². The summed E-state index contributed by atoms with van der Waals surface area (Å²) in [6, 6.07) is 66.9. The lowest BCUT2D eigenvalue weighted by Gasteiger charge is -2.30. The molecule has 1 aliphatic heterocycles. The number of anilines is 2. The molecule has 0 amide bonds. The van der Waals surface area contributed by atoms with Crippen molar-refractivity contribution < 1.29 is 0 Å².